The Balaban J connectivity index is 1.98. The molecule has 2 aromatic rings. The third kappa shape index (κ3) is 4.12. The number of nitrogens with zero attached hydrogens (tertiary/aromatic N) is 2. The minimum Gasteiger partial charge on any atom is -0.493 e. The van der Waals surface area contributed by atoms with Gasteiger partial charge in [0, 0.05) is 31.5 Å². The highest BCUT2D eigenvalue weighted by Gasteiger charge is 2.11. The number of ether oxygens (including phenoxy) is 2. The van der Waals surface area contributed by atoms with Crippen LogP contribution in [-0.2, 0) is 13.1 Å². The average molecular weight is 310 g/mol. The molecule has 1 heterocycles. The van der Waals surface area contributed by atoms with Crippen LogP contribution in [0.1, 0.15) is 12.5 Å². The molecule has 1 aromatic heterocycles. The van der Waals surface area contributed by atoms with Crippen LogP contribution in [0.25, 0.3) is 0 Å². The fourth-order valence-electron chi connectivity index (χ4n) is 2.14. The molecule has 0 saturated heterocycles. The molecule has 21 heavy (non-hydrogen) atoms. The summed E-state index contributed by atoms with van der Waals surface area (Å²) in [6.45, 7) is 3.69. The Morgan fingerprint density at radius 1 is 1.33 bits per heavy atom. The highest BCUT2D eigenvalue weighted by atomic mass is 35.5. The Morgan fingerprint density at radius 3 is 2.76 bits per heavy atom. The molecule has 0 spiro atoms. The molecule has 6 heteroatoms. The van der Waals surface area contributed by atoms with Crippen molar-refractivity contribution in [3.63, 3.8) is 0 Å². The summed E-state index contributed by atoms with van der Waals surface area (Å²) in [6, 6.07) is 4.13. The van der Waals surface area contributed by atoms with Crippen molar-refractivity contribution < 1.29 is 9.47 Å². The second kappa shape index (κ2) is 7.33. The van der Waals surface area contributed by atoms with Crippen LogP contribution in [0, 0.1) is 0 Å². The fourth-order valence-corrected chi connectivity index (χ4v) is 2.45. The molecule has 0 amide bonds. The van der Waals surface area contributed by atoms with E-state index in [9.17, 15) is 0 Å². The monoisotopic (exact) mass is 309 g/mol. The Bertz CT molecular complexity index is 573. The van der Waals surface area contributed by atoms with Crippen LogP contribution in [0.15, 0.2) is 30.9 Å². The van der Waals surface area contributed by atoms with Crippen LogP contribution < -0.4 is 14.8 Å². The zero-order chi connectivity index (χ0) is 15.2. The van der Waals surface area contributed by atoms with E-state index in [0.717, 1.165) is 12.1 Å². The Hall–Kier alpha value is -1.72. The first-order valence-electron chi connectivity index (χ1n) is 6.73. The first-order chi connectivity index (χ1) is 10.1. The summed E-state index contributed by atoms with van der Waals surface area (Å²) in [4.78, 5) is 4.03. The summed E-state index contributed by atoms with van der Waals surface area (Å²) in [6.07, 6.45) is 5.54. The first kappa shape index (κ1) is 15.7. The normalized spacial score (nSPS) is 12.2. The van der Waals surface area contributed by atoms with Crippen molar-refractivity contribution in [2.75, 3.05) is 14.2 Å². The largest absolute Gasteiger partial charge is 0.493 e. The topological polar surface area (TPSA) is 48.3 Å². The number of hydrogen-bond acceptors (Lipinski definition) is 4. The van der Waals surface area contributed by atoms with Crippen molar-refractivity contribution >= 4 is 11.6 Å². The second-order valence-electron chi connectivity index (χ2n) is 4.85. The van der Waals surface area contributed by atoms with Crippen molar-refractivity contribution in [2.24, 2.45) is 0 Å². The van der Waals surface area contributed by atoms with E-state index in [2.05, 4.69) is 17.2 Å². The van der Waals surface area contributed by atoms with Crippen LogP contribution in [0.4, 0.5) is 0 Å². The molecule has 0 radical (unpaired) electrons. The molecule has 1 N–H and O–H groups in total. The van der Waals surface area contributed by atoms with Gasteiger partial charge in [0.2, 0.25) is 0 Å². The molecule has 2 rings (SSSR count). The zero-order valence-electron chi connectivity index (χ0n) is 12.5. The van der Waals surface area contributed by atoms with E-state index < -0.39 is 0 Å². The maximum atomic E-state index is 6.20. The number of nitrogens with one attached hydrogen (secondary N) is 1. The van der Waals surface area contributed by atoms with Gasteiger partial charge < -0.3 is 19.4 Å². The van der Waals surface area contributed by atoms with Crippen molar-refractivity contribution in [3.05, 3.63) is 41.4 Å². The van der Waals surface area contributed by atoms with Crippen LogP contribution in [0.5, 0.6) is 11.5 Å². The van der Waals surface area contributed by atoms with Gasteiger partial charge in [0.05, 0.1) is 25.6 Å². The molecule has 0 bridgehead atoms. The predicted octanol–water partition coefficient (Wildman–Crippen LogP) is 2.73. The minimum absolute atomic E-state index is 0.311. The standard InChI is InChI=1S/C15H20ClN3O2/c1-11(9-19-5-4-17-10-19)18-8-12-6-13(16)15(21-3)14(7-12)20-2/h4-7,10-11,18H,8-9H2,1-3H3. The third-order valence-corrected chi connectivity index (χ3v) is 3.47. The molecule has 0 saturated carbocycles. The van der Waals surface area contributed by atoms with E-state index in [0.29, 0.717) is 29.1 Å². The van der Waals surface area contributed by atoms with E-state index in [1.165, 1.54) is 0 Å². The second-order valence-corrected chi connectivity index (χ2v) is 5.26. The number of rotatable bonds is 7. The van der Waals surface area contributed by atoms with Crippen molar-refractivity contribution in [1.82, 2.24) is 14.9 Å². The molecule has 0 aliphatic heterocycles. The number of aromatic nitrogens is 2. The van der Waals surface area contributed by atoms with E-state index in [1.807, 2.05) is 29.2 Å². The van der Waals surface area contributed by atoms with Crippen LogP contribution in [0.3, 0.4) is 0 Å². The van der Waals surface area contributed by atoms with Gasteiger partial charge in [-0.25, -0.2) is 4.98 Å². The number of hydrogen-bond donors (Lipinski definition) is 1. The van der Waals surface area contributed by atoms with E-state index >= 15 is 0 Å². The molecule has 1 aromatic carbocycles. The lowest BCUT2D eigenvalue weighted by atomic mass is 10.2. The van der Waals surface area contributed by atoms with Crippen LogP contribution in [0.2, 0.25) is 5.02 Å². The quantitative estimate of drug-likeness (QED) is 0.854. The Labute approximate surface area is 129 Å². The van der Waals surface area contributed by atoms with Gasteiger partial charge in [0.1, 0.15) is 0 Å². The first-order valence-corrected chi connectivity index (χ1v) is 7.11. The zero-order valence-corrected chi connectivity index (χ0v) is 13.2. The molecule has 0 aliphatic rings. The Morgan fingerprint density at radius 2 is 2.14 bits per heavy atom. The molecule has 1 unspecified atom stereocenters. The molecular weight excluding hydrogens is 290 g/mol. The highest BCUT2D eigenvalue weighted by molar-refractivity contribution is 6.32. The third-order valence-electron chi connectivity index (χ3n) is 3.19. The number of halogens is 1. The maximum absolute atomic E-state index is 6.20. The van der Waals surface area contributed by atoms with Crippen molar-refractivity contribution in [2.45, 2.75) is 26.1 Å². The van der Waals surface area contributed by atoms with E-state index in [1.54, 1.807) is 20.4 Å². The van der Waals surface area contributed by atoms with Crippen LogP contribution in [-0.4, -0.2) is 29.8 Å². The predicted molar refractivity (Wildman–Crippen MR) is 83.1 cm³/mol. The summed E-state index contributed by atoms with van der Waals surface area (Å²) >= 11 is 6.20. The lowest BCUT2D eigenvalue weighted by molar-refractivity contribution is 0.354. The van der Waals surface area contributed by atoms with Gasteiger partial charge in [-0.3, -0.25) is 0 Å². The molecule has 5 nitrogen and oxygen atoms in total. The molecule has 0 fully saturated rings. The summed E-state index contributed by atoms with van der Waals surface area (Å²) in [7, 11) is 3.18. The van der Waals surface area contributed by atoms with E-state index in [-0.39, 0.29) is 0 Å². The fraction of sp³-hybridized carbons (Fsp3) is 0.400. The van der Waals surface area contributed by atoms with Gasteiger partial charge in [-0.05, 0) is 24.6 Å². The van der Waals surface area contributed by atoms with Crippen molar-refractivity contribution in [1.29, 1.82) is 0 Å². The number of imidazole rings is 1. The lowest BCUT2D eigenvalue weighted by Gasteiger charge is -2.16. The average Bonchev–Trinajstić information content (AvgIpc) is 2.97. The summed E-state index contributed by atoms with van der Waals surface area (Å²) < 4.78 is 12.6. The highest BCUT2D eigenvalue weighted by Crippen LogP contribution is 2.35. The molecular formula is C15H20ClN3O2. The van der Waals surface area contributed by atoms with Gasteiger partial charge in [0.25, 0.3) is 0 Å². The van der Waals surface area contributed by atoms with Gasteiger partial charge in [-0.2, -0.15) is 0 Å². The summed E-state index contributed by atoms with van der Waals surface area (Å²) in [5, 5.41) is 4.00. The van der Waals surface area contributed by atoms with Crippen molar-refractivity contribution in [3.8, 4) is 11.5 Å². The minimum atomic E-state index is 0.311. The van der Waals surface area contributed by atoms with E-state index in [4.69, 9.17) is 21.1 Å². The molecule has 114 valence electrons. The lowest BCUT2D eigenvalue weighted by Crippen LogP contribution is -2.29. The summed E-state index contributed by atoms with van der Waals surface area (Å²) in [5.74, 6) is 1.21. The summed E-state index contributed by atoms with van der Waals surface area (Å²) in [5.41, 5.74) is 1.05. The van der Waals surface area contributed by atoms with Gasteiger partial charge in [0.15, 0.2) is 11.5 Å². The number of methoxy groups -OCH3 is 2. The maximum Gasteiger partial charge on any atom is 0.179 e. The van der Waals surface area contributed by atoms with Gasteiger partial charge in [-0.15, -0.1) is 0 Å². The smallest absolute Gasteiger partial charge is 0.179 e. The van der Waals surface area contributed by atoms with Gasteiger partial charge >= 0.3 is 0 Å². The van der Waals surface area contributed by atoms with Crippen LogP contribution >= 0.6 is 11.6 Å². The number of benzene rings is 1. The van der Waals surface area contributed by atoms with Gasteiger partial charge in [-0.1, -0.05) is 11.6 Å². The Kier molecular flexibility index (Phi) is 5.47. The SMILES string of the molecule is COc1cc(CNC(C)Cn2ccnc2)cc(Cl)c1OC. The molecule has 1 atom stereocenters. The molecule has 0 aliphatic carbocycles.